The fourth-order valence-corrected chi connectivity index (χ4v) is 3.55. The molecule has 1 atom stereocenters. The number of fused-ring (bicyclic) bond motifs is 1. The standard InChI is InChI=1S/C20H20N4O3/c1-14-6-4-5-11-23(14)19-18(24(25)26)20(22-13-21-19)27-17-10-9-15-7-2-3-8-16(15)12-17/h2-3,7-10,12-14H,4-6,11H2,1H3. The third-order valence-electron chi connectivity index (χ3n) is 4.96. The lowest BCUT2D eigenvalue weighted by atomic mass is 10.0. The van der Waals surface area contributed by atoms with Gasteiger partial charge < -0.3 is 9.64 Å². The van der Waals surface area contributed by atoms with Gasteiger partial charge in [0.05, 0.1) is 4.92 Å². The number of nitrogens with zero attached hydrogens (tertiary/aromatic N) is 4. The van der Waals surface area contributed by atoms with Crippen LogP contribution >= 0.6 is 0 Å². The fourth-order valence-electron chi connectivity index (χ4n) is 3.55. The zero-order valence-electron chi connectivity index (χ0n) is 15.0. The Bertz CT molecular complexity index is 992. The minimum atomic E-state index is -0.451. The molecule has 0 saturated carbocycles. The summed E-state index contributed by atoms with van der Waals surface area (Å²) in [5, 5.41) is 13.9. The normalized spacial score (nSPS) is 17.1. The van der Waals surface area contributed by atoms with Crippen molar-refractivity contribution in [2.45, 2.75) is 32.2 Å². The van der Waals surface area contributed by atoms with Gasteiger partial charge in [0.2, 0.25) is 5.82 Å². The van der Waals surface area contributed by atoms with Gasteiger partial charge in [-0.2, -0.15) is 4.98 Å². The molecule has 27 heavy (non-hydrogen) atoms. The van der Waals surface area contributed by atoms with Gasteiger partial charge in [-0.05, 0) is 49.1 Å². The molecule has 2 aromatic carbocycles. The molecule has 0 aliphatic carbocycles. The lowest BCUT2D eigenvalue weighted by Gasteiger charge is -2.33. The number of hydrogen-bond donors (Lipinski definition) is 0. The van der Waals surface area contributed by atoms with Gasteiger partial charge in [-0.3, -0.25) is 10.1 Å². The molecule has 1 aromatic heterocycles. The Labute approximate surface area is 156 Å². The van der Waals surface area contributed by atoms with Crippen LogP contribution < -0.4 is 9.64 Å². The van der Waals surface area contributed by atoms with Crippen LogP contribution in [-0.2, 0) is 0 Å². The zero-order chi connectivity index (χ0) is 18.8. The van der Waals surface area contributed by atoms with Gasteiger partial charge in [-0.25, -0.2) is 4.98 Å². The molecule has 0 amide bonds. The number of anilines is 1. The van der Waals surface area contributed by atoms with Crippen LogP contribution in [0.2, 0.25) is 0 Å². The Morgan fingerprint density at radius 2 is 1.96 bits per heavy atom. The summed E-state index contributed by atoms with van der Waals surface area (Å²) >= 11 is 0. The molecule has 3 aromatic rings. The first-order valence-corrected chi connectivity index (χ1v) is 9.06. The van der Waals surface area contributed by atoms with Crippen LogP contribution in [0.5, 0.6) is 11.6 Å². The number of nitro groups is 1. The summed E-state index contributed by atoms with van der Waals surface area (Å²) in [5.74, 6) is 0.809. The van der Waals surface area contributed by atoms with Crippen molar-refractivity contribution in [2.24, 2.45) is 0 Å². The number of hydrogen-bond acceptors (Lipinski definition) is 6. The van der Waals surface area contributed by atoms with Crippen molar-refractivity contribution >= 4 is 22.3 Å². The summed E-state index contributed by atoms with van der Waals surface area (Å²) < 4.78 is 5.83. The first-order valence-electron chi connectivity index (χ1n) is 9.06. The molecule has 0 radical (unpaired) electrons. The highest BCUT2D eigenvalue weighted by molar-refractivity contribution is 5.83. The van der Waals surface area contributed by atoms with Crippen molar-refractivity contribution in [3.8, 4) is 11.6 Å². The van der Waals surface area contributed by atoms with E-state index in [0.29, 0.717) is 11.6 Å². The maximum atomic E-state index is 11.8. The molecule has 1 aliphatic rings. The van der Waals surface area contributed by atoms with Gasteiger partial charge in [0, 0.05) is 12.6 Å². The van der Waals surface area contributed by atoms with E-state index < -0.39 is 4.92 Å². The highest BCUT2D eigenvalue weighted by Gasteiger charge is 2.32. The third kappa shape index (κ3) is 3.40. The van der Waals surface area contributed by atoms with Gasteiger partial charge in [-0.15, -0.1) is 0 Å². The minimum Gasteiger partial charge on any atom is -0.434 e. The summed E-state index contributed by atoms with van der Waals surface area (Å²) in [6.45, 7) is 2.81. The SMILES string of the molecule is CC1CCCCN1c1ncnc(Oc2ccc3ccccc3c2)c1[N+](=O)[O-]. The lowest BCUT2D eigenvalue weighted by Crippen LogP contribution is -2.38. The number of ether oxygens (including phenoxy) is 1. The molecule has 2 heterocycles. The van der Waals surface area contributed by atoms with Crippen LogP contribution in [0.3, 0.4) is 0 Å². The van der Waals surface area contributed by atoms with Crippen molar-refractivity contribution < 1.29 is 9.66 Å². The number of benzene rings is 2. The molecule has 1 unspecified atom stereocenters. The van der Waals surface area contributed by atoms with Crippen molar-refractivity contribution in [1.29, 1.82) is 0 Å². The Kier molecular flexibility index (Phi) is 4.58. The van der Waals surface area contributed by atoms with Crippen LogP contribution in [0.4, 0.5) is 11.5 Å². The van der Waals surface area contributed by atoms with Gasteiger partial charge in [0.15, 0.2) is 0 Å². The van der Waals surface area contributed by atoms with Gasteiger partial charge in [0.1, 0.15) is 12.1 Å². The second-order valence-corrected chi connectivity index (χ2v) is 6.76. The van der Waals surface area contributed by atoms with Crippen LogP contribution in [0, 0.1) is 10.1 Å². The van der Waals surface area contributed by atoms with Crippen molar-refractivity contribution in [3.05, 3.63) is 58.9 Å². The predicted molar refractivity (Wildman–Crippen MR) is 103 cm³/mol. The molecule has 1 fully saturated rings. The van der Waals surface area contributed by atoms with Crippen LogP contribution in [0.25, 0.3) is 10.8 Å². The van der Waals surface area contributed by atoms with E-state index in [1.54, 1.807) is 6.07 Å². The fraction of sp³-hybridized carbons (Fsp3) is 0.300. The summed E-state index contributed by atoms with van der Waals surface area (Å²) in [6.07, 6.45) is 4.44. The average molecular weight is 364 g/mol. The van der Waals surface area contributed by atoms with Crippen LogP contribution in [0.15, 0.2) is 48.8 Å². The maximum absolute atomic E-state index is 11.8. The molecule has 0 N–H and O–H groups in total. The molecule has 0 spiro atoms. The smallest absolute Gasteiger partial charge is 0.373 e. The van der Waals surface area contributed by atoms with E-state index in [9.17, 15) is 10.1 Å². The quantitative estimate of drug-likeness (QED) is 0.493. The topological polar surface area (TPSA) is 81.4 Å². The summed E-state index contributed by atoms with van der Waals surface area (Å²) in [4.78, 5) is 21.6. The van der Waals surface area contributed by atoms with E-state index in [4.69, 9.17) is 4.74 Å². The monoisotopic (exact) mass is 364 g/mol. The van der Waals surface area contributed by atoms with Crippen molar-refractivity contribution in [3.63, 3.8) is 0 Å². The number of aromatic nitrogens is 2. The second kappa shape index (κ2) is 7.19. The summed E-state index contributed by atoms with van der Waals surface area (Å²) in [7, 11) is 0. The Morgan fingerprint density at radius 3 is 2.74 bits per heavy atom. The molecular weight excluding hydrogens is 344 g/mol. The van der Waals surface area contributed by atoms with Gasteiger partial charge in [0.25, 0.3) is 0 Å². The lowest BCUT2D eigenvalue weighted by molar-refractivity contribution is -0.385. The molecule has 0 bridgehead atoms. The third-order valence-corrected chi connectivity index (χ3v) is 4.96. The van der Waals surface area contributed by atoms with Crippen molar-refractivity contribution in [1.82, 2.24) is 9.97 Å². The van der Waals surface area contributed by atoms with E-state index in [1.165, 1.54) is 6.33 Å². The molecule has 7 heteroatoms. The Balaban J connectivity index is 1.73. The zero-order valence-corrected chi connectivity index (χ0v) is 15.0. The first kappa shape index (κ1) is 17.2. The largest absolute Gasteiger partial charge is 0.434 e. The maximum Gasteiger partial charge on any atom is 0.373 e. The highest BCUT2D eigenvalue weighted by atomic mass is 16.6. The summed E-state index contributed by atoms with van der Waals surface area (Å²) in [6, 6.07) is 13.6. The Morgan fingerprint density at radius 1 is 1.15 bits per heavy atom. The molecule has 1 saturated heterocycles. The highest BCUT2D eigenvalue weighted by Crippen LogP contribution is 2.38. The van der Waals surface area contributed by atoms with E-state index in [-0.39, 0.29) is 17.6 Å². The van der Waals surface area contributed by atoms with E-state index in [1.807, 2.05) is 41.3 Å². The average Bonchev–Trinajstić information content (AvgIpc) is 2.68. The second-order valence-electron chi connectivity index (χ2n) is 6.76. The molecule has 1 aliphatic heterocycles. The van der Waals surface area contributed by atoms with Crippen LogP contribution in [0.1, 0.15) is 26.2 Å². The molecule has 4 rings (SSSR count). The summed E-state index contributed by atoms with van der Waals surface area (Å²) in [5.41, 5.74) is -0.181. The Hall–Kier alpha value is -3.22. The van der Waals surface area contributed by atoms with E-state index >= 15 is 0 Å². The van der Waals surface area contributed by atoms with Gasteiger partial charge >= 0.3 is 11.6 Å². The van der Waals surface area contributed by atoms with E-state index in [0.717, 1.165) is 36.6 Å². The molecular formula is C20H20N4O3. The minimum absolute atomic E-state index is 0.0296. The molecule has 138 valence electrons. The number of rotatable bonds is 4. The van der Waals surface area contributed by atoms with Crippen LogP contribution in [-0.4, -0.2) is 27.5 Å². The molecule has 7 nitrogen and oxygen atoms in total. The van der Waals surface area contributed by atoms with Crippen molar-refractivity contribution in [2.75, 3.05) is 11.4 Å². The van der Waals surface area contributed by atoms with E-state index in [2.05, 4.69) is 16.9 Å². The predicted octanol–water partition coefficient (Wildman–Crippen LogP) is 4.71. The number of piperidine rings is 1. The first-order chi connectivity index (χ1) is 13.1. The van der Waals surface area contributed by atoms with Gasteiger partial charge in [-0.1, -0.05) is 30.3 Å².